The quantitative estimate of drug-likeness (QED) is 0.837. The smallest absolute Gasteiger partial charge is 0.408 e. The van der Waals surface area contributed by atoms with Gasteiger partial charge in [-0.25, -0.2) is 4.79 Å². The van der Waals surface area contributed by atoms with Crippen LogP contribution >= 0.6 is 15.9 Å². The van der Waals surface area contributed by atoms with E-state index in [0.717, 1.165) is 10.0 Å². The molecule has 2 rings (SSSR count). The minimum atomic E-state index is -0.419. The Morgan fingerprint density at radius 2 is 2.21 bits per heavy atom. The normalized spacial score (nSPS) is 25.7. The molecule has 1 amide bonds. The highest BCUT2D eigenvalue weighted by atomic mass is 79.9. The molecule has 4 heteroatoms. The SMILES string of the molecule is CC1(c2ccccc2Br)COC(=O)N1. The number of hydrogen-bond acceptors (Lipinski definition) is 2. The summed E-state index contributed by atoms with van der Waals surface area (Å²) in [7, 11) is 0. The molecule has 1 saturated heterocycles. The third-order valence-electron chi connectivity index (χ3n) is 2.34. The average Bonchev–Trinajstić information content (AvgIpc) is 2.48. The van der Waals surface area contributed by atoms with Crippen molar-refractivity contribution in [1.29, 1.82) is 0 Å². The first-order chi connectivity index (χ1) is 6.62. The van der Waals surface area contributed by atoms with Gasteiger partial charge in [-0.05, 0) is 18.6 Å². The molecule has 3 nitrogen and oxygen atoms in total. The van der Waals surface area contributed by atoms with Crippen molar-refractivity contribution in [2.75, 3.05) is 6.61 Å². The van der Waals surface area contributed by atoms with Gasteiger partial charge in [0, 0.05) is 4.47 Å². The molecule has 0 saturated carbocycles. The van der Waals surface area contributed by atoms with E-state index in [1.165, 1.54) is 0 Å². The second kappa shape index (κ2) is 3.28. The zero-order valence-corrected chi connectivity index (χ0v) is 9.30. The summed E-state index contributed by atoms with van der Waals surface area (Å²) in [5.41, 5.74) is 0.614. The first-order valence-corrected chi connectivity index (χ1v) is 5.11. The Balaban J connectivity index is 2.40. The molecule has 1 unspecified atom stereocenters. The molecule has 14 heavy (non-hydrogen) atoms. The Bertz CT molecular complexity index is 380. The molecule has 0 bridgehead atoms. The van der Waals surface area contributed by atoms with E-state index < -0.39 is 5.54 Å². The largest absolute Gasteiger partial charge is 0.447 e. The van der Waals surface area contributed by atoms with E-state index in [1.807, 2.05) is 31.2 Å². The molecule has 0 aliphatic carbocycles. The van der Waals surface area contributed by atoms with E-state index in [-0.39, 0.29) is 6.09 Å². The van der Waals surface area contributed by atoms with Gasteiger partial charge in [0.05, 0.1) is 0 Å². The van der Waals surface area contributed by atoms with Gasteiger partial charge in [0.15, 0.2) is 0 Å². The minimum Gasteiger partial charge on any atom is -0.447 e. The van der Waals surface area contributed by atoms with Crippen molar-refractivity contribution in [1.82, 2.24) is 5.32 Å². The van der Waals surface area contributed by atoms with Crippen LogP contribution in [0.15, 0.2) is 28.7 Å². The molecular weight excluding hydrogens is 246 g/mol. The van der Waals surface area contributed by atoms with Crippen LogP contribution in [-0.2, 0) is 10.3 Å². The number of carbonyl (C=O) groups is 1. The van der Waals surface area contributed by atoms with Gasteiger partial charge in [0.25, 0.3) is 0 Å². The van der Waals surface area contributed by atoms with Crippen LogP contribution in [0.3, 0.4) is 0 Å². The maximum Gasteiger partial charge on any atom is 0.408 e. The van der Waals surface area contributed by atoms with Gasteiger partial charge in [0.1, 0.15) is 12.1 Å². The van der Waals surface area contributed by atoms with Crippen molar-refractivity contribution in [3.8, 4) is 0 Å². The number of cyclic esters (lactones) is 1. The van der Waals surface area contributed by atoms with Gasteiger partial charge in [0.2, 0.25) is 0 Å². The zero-order valence-electron chi connectivity index (χ0n) is 7.71. The number of ether oxygens (including phenoxy) is 1. The van der Waals surface area contributed by atoms with Crippen molar-refractivity contribution in [3.05, 3.63) is 34.3 Å². The predicted octanol–water partition coefficient (Wildman–Crippen LogP) is 2.40. The minimum absolute atomic E-state index is 0.358. The third kappa shape index (κ3) is 1.50. The summed E-state index contributed by atoms with van der Waals surface area (Å²) in [5.74, 6) is 0. The van der Waals surface area contributed by atoms with Crippen LogP contribution in [0, 0.1) is 0 Å². The molecule has 0 aromatic heterocycles. The Kier molecular flexibility index (Phi) is 2.23. The van der Waals surface area contributed by atoms with Crippen molar-refractivity contribution < 1.29 is 9.53 Å². The van der Waals surface area contributed by atoms with E-state index >= 15 is 0 Å². The van der Waals surface area contributed by atoms with Gasteiger partial charge < -0.3 is 10.1 Å². The van der Waals surface area contributed by atoms with Gasteiger partial charge in [-0.3, -0.25) is 0 Å². The highest BCUT2D eigenvalue weighted by molar-refractivity contribution is 9.10. The first-order valence-electron chi connectivity index (χ1n) is 4.32. The number of alkyl carbamates (subject to hydrolysis) is 1. The molecule has 0 radical (unpaired) electrons. The topological polar surface area (TPSA) is 38.3 Å². The van der Waals surface area contributed by atoms with Gasteiger partial charge in [-0.2, -0.15) is 0 Å². The van der Waals surface area contributed by atoms with E-state index in [0.29, 0.717) is 6.61 Å². The number of halogens is 1. The van der Waals surface area contributed by atoms with Crippen molar-refractivity contribution in [2.45, 2.75) is 12.5 Å². The molecule has 74 valence electrons. The molecule has 1 atom stereocenters. The Morgan fingerprint density at radius 3 is 2.79 bits per heavy atom. The second-order valence-electron chi connectivity index (χ2n) is 3.51. The second-order valence-corrected chi connectivity index (χ2v) is 4.37. The van der Waals surface area contributed by atoms with E-state index in [2.05, 4.69) is 21.2 Å². The van der Waals surface area contributed by atoms with Crippen LogP contribution in [0.2, 0.25) is 0 Å². The molecule has 1 aromatic carbocycles. The lowest BCUT2D eigenvalue weighted by atomic mass is 9.94. The molecule has 1 aromatic rings. The molecule has 1 heterocycles. The maximum absolute atomic E-state index is 11.0. The lowest BCUT2D eigenvalue weighted by Crippen LogP contribution is -2.37. The summed E-state index contributed by atoms with van der Waals surface area (Å²) in [6.07, 6.45) is -0.358. The zero-order chi connectivity index (χ0) is 10.2. The number of hydrogen-bond donors (Lipinski definition) is 1. The standard InChI is InChI=1S/C10H10BrNO2/c1-10(6-14-9(13)12-10)7-4-2-3-5-8(7)11/h2-5H,6H2,1H3,(H,12,13). The number of carbonyl (C=O) groups excluding carboxylic acids is 1. The molecule has 1 N–H and O–H groups in total. The third-order valence-corrected chi connectivity index (χ3v) is 3.03. The van der Waals surface area contributed by atoms with Crippen molar-refractivity contribution >= 4 is 22.0 Å². The summed E-state index contributed by atoms with van der Waals surface area (Å²) >= 11 is 3.45. The lowest BCUT2D eigenvalue weighted by Gasteiger charge is -2.22. The molecular formula is C10H10BrNO2. The predicted molar refractivity (Wildman–Crippen MR) is 56.0 cm³/mol. The highest BCUT2D eigenvalue weighted by Crippen LogP contribution is 2.31. The van der Waals surface area contributed by atoms with Crippen LogP contribution in [0.25, 0.3) is 0 Å². The lowest BCUT2D eigenvalue weighted by molar-refractivity contribution is 0.173. The fourth-order valence-electron chi connectivity index (χ4n) is 1.56. The fraction of sp³-hybridized carbons (Fsp3) is 0.300. The number of rotatable bonds is 1. The first kappa shape index (κ1) is 9.52. The summed E-state index contributed by atoms with van der Waals surface area (Å²) in [6, 6.07) is 7.80. The van der Waals surface area contributed by atoms with Gasteiger partial charge in [-0.15, -0.1) is 0 Å². The van der Waals surface area contributed by atoms with Crippen molar-refractivity contribution in [2.24, 2.45) is 0 Å². The molecule has 0 spiro atoms. The molecule has 1 aliphatic heterocycles. The van der Waals surface area contributed by atoms with Crippen LogP contribution in [-0.4, -0.2) is 12.7 Å². The summed E-state index contributed by atoms with van der Waals surface area (Å²) < 4.78 is 5.89. The summed E-state index contributed by atoms with van der Waals surface area (Å²) in [6.45, 7) is 2.31. The molecule has 1 aliphatic rings. The Morgan fingerprint density at radius 1 is 1.50 bits per heavy atom. The van der Waals surface area contributed by atoms with E-state index in [1.54, 1.807) is 0 Å². The van der Waals surface area contributed by atoms with Crippen LogP contribution < -0.4 is 5.32 Å². The molecule has 1 fully saturated rings. The van der Waals surface area contributed by atoms with E-state index in [4.69, 9.17) is 4.74 Å². The fourth-order valence-corrected chi connectivity index (χ4v) is 2.28. The van der Waals surface area contributed by atoms with Gasteiger partial charge in [-0.1, -0.05) is 34.1 Å². The highest BCUT2D eigenvalue weighted by Gasteiger charge is 2.37. The average molecular weight is 256 g/mol. The van der Waals surface area contributed by atoms with Crippen molar-refractivity contribution in [3.63, 3.8) is 0 Å². The number of benzene rings is 1. The summed E-state index contributed by atoms with van der Waals surface area (Å²) in [5, 5.41) is 2.80. The number of amides is 1. The van der Waals surface area contributed by atoms with Gasteiger partial charge >= 0.3 is 6.09 Å². The number of nitrogens with one attached hydrogen (secondary N) is 1. The maximum atomic E-state index is 11.0. The van der Waals surface area contributed by atoms with Crippen LogP contribution in [0.4, 0.5) is 4.79 Å². The van der Waals surface area contributed by atoms with Crippen LogP contribution in [0.5, 0.6) is 0 Å². The van der Waals surface area contributed by atoms with Crippen LogP contribution in [0.1, 0.15) is 12.5 Å². The Hall–Kier alpha value is -1.03. The summed E-state index contributed by atoms with van der Waals surface area (Å²) in [4.78, 5) is 11.0. The van der Waals surface area contributed by atoms with E-state index in [9.17, 15) is 4.79 Å². The monoisotopic (exact) mass is 255 g/mol. The Labute approximate surface area is 90.6 Å².